The minimum atomic E-state index is -0.331. The van der Waals surface area contributed by atoms with Gasteiger partial charge in [0, 0.05) is 23.6 Å². The quantitative estimate of drug-likeness (QED) is 0.840. The molecule has 1 aliphatic rings. The summed E-state index contributed by atoms with van der Waals surface area (Å²) in [6.45, 7) is 2.40. The summed E-state index contributed by atoms with van der Waals surface area (Å²) in [5.74, 6) is 0. The molecule has 0 N–H and O–H groups in total. The average molecular weight is 270 g/mol. The number of nitrogens with zero attached hydrogens (tertiary/aromatic N) is 2. The lowest BCUT2D eigenvalue weighted by atomic mass is 10.2. The van der Waals surface area contributed by atoms with Crippen molar-refractivity contribution in [1.29, 1.82) is 0 Å². The Hall–Kier alpha value is -2.56. The van der Waals surface area contributed by atoms with Crippen LogP contribution in [0.15, 0.2) is 53.5 Å². The Labute approximate surface area is 116 Å². The van der Waals surface area contributed by atoms with E-state index in [1.807, 2.05) is 31.2 Å². The standard InChI is InChI=1S/C15H14N2O3/c1-11-10-17(15(19)20-11)13-7-5-12(6-8-13)16-9-3-2-4-14(16)18/h2-9,11H,10H2,1H3. The second kappa shape index (κ2) is 4.85. The van der Waals surface area contributed by atoms with Crippen LogP contribution < -0.4 is 10.5 Å². The Kier molecular flexibility index (Phi) is 3.02. The van der Waals surface area contributed by atoms with Gasteiger partial charge >= 0.3 is 6.09 Å². The van der Waals surface area contributed by atoms with Crippen LogP contribution in [0, 0.1) is 0 Å². The van der Waals surface area contributed by atoms with E-state index in [4.69, 9.17) is 4.74 Å². The third kappa shape index (κ3) is 2.18. The molecule has 102 valence electrons. The summed E-state index contributed by atoms with van der Waals surface area (Å²) < 4.78 is 6.64. The maximum atomic E-state index is 11.7. The lowest BCUT2D eigenvalue weighted by molar-refractivity contribution is 0.150. The van der Waals surface area contributed by atoms with Crippen LogP contribution in [0.3, 0.4) is 0 Å². The SMILES string of the molecule is CC1CN(c2ccc(-n3ccccc3=O)cc2)C(=O)O1. The average Bonchev–Trinajstić information content (AvgIpc) is 2.79. The van der Waals surface area contributed by atoms with Gasteiger partial charge in [-0.2, -0.15) is 0 Å². The molecule has 20 heavy (non-hydrogen) atoms. The number of aromatic nitrogens is 1. The van der Waals surface area contributed by atoms with Gasteiger partial charge in [-0.1, -0.05) is 6.07 Å². The Balaban J connectivity index is 1.91. The second-order valence-corrected chi connectivity index (χ2v) is 4.73. The van der Waals surface area contributed by atoms with Gasteiger partial charge in [0.15, 0.2) is 0 Å². The normalized spacial score (nSPS) is 18.1. The molecule has 2 aromatic rings. The van der Waals surface area contributed by atoms with Gasteiger partial charge in [0.1, 0.15) is 6.10 Å². The maximum Gasteiger partial charge on any atom is 0.414 e. The number of amides is 1. The molecular weight excluding hydrogens is 256 g/mol. The zero-order valence-electron chi connectivity index (χ0n) is 11.0. The third-order valence-corrected chi connectivity index (χ3v) is 3.22. The fourth-order valence-corrected chi connectivity index (χ4v) is 2.25. The molecule has 0 spiro atoms. The monoisotopic (exact) mass is 270 g/mol. The molecule has 1 atom stereocenters. The van der Waals surface area contributed by atoms with Gasteiger partial charge in [-0.15, -0.1) is 0 Å². The van der Waals surface area contributed by atoms with E-state index in [1.165, 1.54) is 6.07 Å². The summed E-state index contributed by atoms with van der Waals surface area (Å²) in [7, 11) is 0. The van der Waals surface area contributed by atoms with Crippen LogP contribution in [0.5, 0.6) is 0 Å². The molecule has 0 saturated carbocycles. The van der Waals surface area contributed by atoms with Crippen molar-refractivity contribution in [3.63, 3.8) is 0 Å². The number of pyridine rings is 1. The highest BCUT2D eigenvalue weighted by Crippen LogP contribution is 2.22. The van der Waals surface area contributed by atoms with Crippen LogP contribution >= 0.6 is 0 Å². The van der Waals surface area contributed by atoms with E-state index in [9.17, 15) is 9.59 Å². The predicted molar refractivity (Wildman–Crippen MR) is 75.3 cm³/mol. The number of hydrogen-bond donors (Lipinski definition) is 0. The Morgan fingerprint density at radius 3 is 2.35 bits per heavy atom. The molecule has 1 unspecified atom stereocenters. The molecule has 1 aromatic carbocycles. The highest BCUT2D eigenvalue weighted by atomic mass is 16.6. The molecule has 1 fully saturated rings. The van der Waals surface area contributed by atoms with E-state index in [-0.39, 0.29) is 17.8 Å². The van der Waals surface area contributed by atoms with Crippen molar-refractivity contribution in [2.75, 3.05) is 11.4 Å². The molecule has 1 saturated heterocycles. The first-order chi connectivity index (χ1) is 9.65. The Bertz CT molecular complexity index is 691. The lowest BCUT2D eigenvalue weighted by Crippen LogP contribution is -2.24. The Morgan fingerprint density at radius 1 is 1.05 bits per heavy atom. The molecule has 5 heteroatoms. The summed E-state index contributed by atoms with van der Waals surface area (Å²) in [6, 6.07) is 12.3. The number of anilines is 1. The first-order valence-corrected chi connectivity index (χ1v) is 6.41. The van der Waals surface area contributed by atoms with Crippen molar-refractivity contribution in [2.24, 2.45) is 0 Å². The fourth-order valence-electron chi connectivity index (χ4n) is 2.25. The molecular formula is C15H14N2O3. The van der Waals surface area contributed by atoms with E-state index >= 15 is 0 Å². The molecule has 0 bridgehead atoms. The van der Waals surface area contributed by atoms with Crippen molar-refractivity contribution >= 4 is 11.8 Å². The van der Waals surface area contributed by atoms with Crippen molar-refractivity contribution < 1.29 is 9.53 Å². The summed E-state index contributed by atoms with van der Waals surface area (Å²) in [5, 5.41) is 0. The predicted octanol–water partition coefficient (Wildman–Crippen LogP) is 2.18. The van der Waals surface area contributed by atoms with Gasteiger partial charge in [0.25, 0.3) is 5.56 Å². The Morgan fingerprint density at radius 2 is 1.75 bits per heavy atom. The number of carbonyl (C=O) groups excluding carboxylic acids is 1. The zero-order valence-corrected chi connectivity index (χ0v) is 11.0. The molecule has 0 radical (unpaired) electrons. The largest absolute Gasteiger partial charge is 0.444 e. The minimum absolute atomic E-state index is 0.0885. The van der Waals surface area contributed by atoms with Gasteiger partial charge in [0.05, 0.1) is 6.54 Å². The number of cyclic esters (lactones) is 1. The summed E-state index contributed by atoms with van der Waals surface area (Å²) >= 11 is 0. The first-order valence-electron chi connectivity index (χ1n) is 6.41. The zero-order chi connectivity index (χ0) is 14.1. The lowest BCUT2D eigenvalue weighted by Gasteiger charge is -2.13. The van der Waals surface area contributed by atoms with E-state index in [2.05, 4.69) is 0 Å². The van der Waals surface area contributed by atoms with Crippen molar-refractivity contribution in [1.82, 2.24) is 4.57 Å². The van der Waals surface area contributed by atoms with Crippen molar-refractivity contribution in [3.8, 4) is 5.69 Å². The number of ether oxygens (including phenoxy) is 1. The summed E-state index contributed by atoms with van der Waals surface area (Å²) in [4.78, 5) is 25.0. The van der Waals surface area contributed by atoms with Crippen LogP contribution in [0.4, 0.5) is 10.5 Å². The van der Waals surface area contributed by atoms with E-state index < -0.39 is 0 Å². The molecule has 0 aliphatic carbocycles. The van der Waals surface area contributed by atoms with Crippen molar-refractivity contribution in [2.45, 2.75) is 13.0 Å². The van der Waals surface area contributed by atoms with Gasteiger partial charge in [-0.3, -0.25) is 14.3 Å². The fraction of sp³-hybridized carbons (Fsp3) is 0.200. The van der Waals surface area contributed by atoms with E-state index in [1.54, 1.807) is 27.8 Å². The van der Waals surface area contributed by atoms with Crippen LogP contribution in [0.25, 0.3) is 5.69 Å². The molecule has 1 aromatic heterocycles. The highest BCUT2D eigenvalue weighted by molar-refractivity contribution is 5.89. The molecule has 3 rings (SSSR count). The minimum Gasteiger partial charge on any atom is -0.444 e. The number of benzene rings is 1. The van der Waals surface area contributed by atoms with Gasteiger partial charge in [-0.05, 0) is 37.3 Å². The van der Waals surface area contributed by atoms with Gasteiger partial charge in [-0.25, -0.2) is 4.79 Å². The van der Waals surface area contributed by atoms with Crippen LogP contribution in [0.1, 0.15) is 6.92 Å². The van der Waals surface area contributed by atoms with Crippen LogP contribution in [-0.4, -0.2) is 23.3 Å². The number of hydrogen-bond acceptors (Lipinski definition) is 3. The third-order valence-electron chi connectivity index (χ3n) is 3.22. The van der Waals surface area contributed by atoms with Gasteiger partial charge < -0.3 is 4.74 Å². The first kappa shape index (κ1) is 12.5. The smallest absolute Gasteiger partial charge is 0.414 e. The number of rotatable bonds is 2. The van der Waals surface area contributed by atoms with Crippen LogP contribution in [-0.2, 0) is 4.74 Å². The topological polar surface area (TPSA) is 51.5 Å². The molecule has 2 heterocycles. The molecule has 1 amide bonds. The van der Waals surface area contributed by atoms with E-state index in [0.717, 1.165) is 11.4 Å². The second-order valence-electron chi connectivity index (χ2n) is 4.73. The molecule has 1 aliphatic heterocycles. The van der Waals surface area contributed by atoms with Crippen LogP contribution in [0.2, 0.25) is 0 Å². The maximum absolute atomic E-state index is 11.7. The summed E-state index contributed by atoms with van der Waals surface area (Å²) in [6.07, 6.45) is 1.28. The molecule has 5 nitrogen and oxygen atoms in total. The van der Waals surface area contributed by atoms with Gasteiger partial charge in [0.2, 0.25) is 0 Å². The summed E-state index contributed by atoms with van der Waals surface area (Å²) in [5.41, 5.74) is 1.45. The highest BCUT2D eigenvalue weighted by Gasteiger charge is 2.29. The van der Waals surface area contributed by atoms with E-state index in [0.29, 0.717) is 6.54 Å². The number of carbonyl (C=O) groups is 1. The van der Waals surface area contributed by atoms with Crippen molar-refractivity contribution in [3.05, 3.63) is 59.0 Å².